The van der Waals surface area contributed by atoms with Gasteiger partial charge in [0.05, 0.1) is 19.2 Å². The van der Waals surface area contributed by atoms with Crippen LogP contribution in [0.4, 0.5) is 10.2 Å². The van der Waals surface area contributed by atoms with Crippen molar-refractivity contribution < 1.29 is 13.9 Å². The highest BCUT2D eigenvalue weighted by Crippen LogP contribution is 2.21. The van der Waals surface area contributed by atoms with Crippen molar-refractivity contribution in [3.8, 4) is 5.88 Å². The Morgan fingerprint density at radius 1 is 1.24 bits per heavy atom. The van der Waals surface area contributed by atoms with E-state index in [2.05, 4.69) is 24.8 Å². The number of aromatic nitrogens is 3. The molecule has 33 heavy (non-hydrogen) atoms. The number of pyridine rings is 1. The summed E-state index contributed by atoms with van der Waals surface area (Å²) in [6, 6.07) is 10.4. The van der Waals surface area contributed by atoms with Gasteiger partial charge in [0.2, 0.25) is 5.88 Å². The monoisotopic (exact) mass is 471 g/mol. The fourth-order valence-corrected chi connectivity index (χ4v) is 4.33. The Morgan fingerprint density at radius 3 is 2.97 bits per heavy atom. The molecule has 3 aromatic rings. The summed E-state index contributed by atoms with van der Waals surface area (Å²) in [7, 11) is 0. The van der Waals surface area contributed by atoms with Crippen LogP contribution < -0.4 is 10.1 Å². The third kappa shape index (κ3) is 5.63. The van der Waals surface area contributed by atoms with Gasteiger partial charge in [0.25, 0.3) is 0 Å². The SMILES string of the molecule is Fc1cc(Cl)ccc1COc1cccc(N[C@@H]2CCN(Cc3nccn3C[C@@H]3CCO3)C2)n1. The van der Waals surface area contributed by atoms with Crippen LogP contribution in [0.1, 0.15) is 24.2 Å². The Bertz CT molecular complexity index is 1090. The van der Waals surface area contributed by atoms with E-state index in [1.807, 2.05) is 24.5 Å². The van der Waals surface area contributed by atoms with E-state index in [9.17, 15) is 4.39 Å². The molecule has 2 saturated heterocycles. The molecule has 0 radical (unpaired) electrons. The molecule has 4 heterocycles. The van der Waals surface area contributed by atoms with Gasteiger partial charge in [-0.05, 0) is 31.0 Å². The van der Waals surface area contributed by atoms with Crippen LogP contribution >= 0.6 is 11.6 Å². The van der Waals surface area contributed by atoms with E-state index >= 15 is 0 Å². The summed E-state index contributed by atoms with van der Waals surface area (Å²) < 4.78 is 27.4. The second-order valence-electron chi connectivity index (χ2n) is 8.53. The molecule has 2 aliphatic heterocycles. The van der Waals surface area contributed by atoms with Gasteiger partial charge >= 0.3 is 0 Å². The highest BCUT2D eigenvalue weighted by molar-refractivity contribution is 6.30. The van der Waals surface area contributed by atoms with Gasteiger partial charge in [0.1, 0.15) is 24.1 Å². The molecule has 2 aliphatic rings. The number of hydrogen-bond acceptors (Lipinski definition) is 6. The van der Waals surface area contributed by atoms with Crippen LogP contribution in [0.25, 0.3) is 0 Å². The fraction of sp³-hybridized carbons (Fsp3) is 0.417. The van der Waals surface area contributed by atoms with E-state index in [-0.39, 0.29) is 12.4 Å². The Hall–Kier alpha value is -2.68. The van der Waals surface area contributed by atoms with Crippen LogP contribution in [-0.2, 0) is 24.4 Å². The minimum atomic E-state index is -0.385. The minimum absolute atomic E-state index is 0.0925. The maximum atomic E-state index is 14.0. The van der Waals surface area contributed by atoms with Crippen LogP contribution in [0, 0.1) is 5.82 Å². The van der Waals surface area contributed by atoms with Crippen LogP contribution in [0.2, 0.25) is 5.02 Å². The van der Waals surface area contributed by atoms with Crippen molar-refractivity contribution in [3.05, 3.63) is 71.0 Å². The molecule has 0 saturated carbocycles. The molecule has 174 valence electrons. The zero-order chi connectivity index (χ0) is 22.6. The van der Waals surface area contributed by atoms with E-state index in [1.54, 1.807) is 18.2 Å². The lowest BCUT2D eigenvalue weighted by Gasteiger charge is -2.27. The van der Waals surface area contributed by atoms with Crippen molar-refractivity contribution in [1.29, 1.82) is 0 Å². The summed E-state index contributed by atoms with van der Waals surface area (Å²) in [5.74, 6) is 1.89. The Labute approximate surface area is 197 Å². The highest BCUT2D eigenvalue weighted by atomic mass is 35.5. The zero-order valence-corrected chi connectivity index (χ0v) is 19.0. The van der Waals surface area contributed by atoms with E-state index in [0.29, 0.717) is 28.6 Å². The second-order valence-corrected chi connectivity index (χ2v) is 8.96. The first kappa shape index (κ1) is 22.1. The number of likely N-dealkylation sites (tertiary alicyclic amines) is 1. The molecule has 0 bridgehead atoms. The van der Waals surface area contributed by atoms with Crippen molar-refractivity contribution in [1.82, 2.24) is 19.4 Å². The third-order valence-electron chi connectivity index (χ3n) is 6.10. The predicted molar refractivity (Wildman–Crippen MR) is 124 cm³/mol. The van der Waals surface area contributed by atoms with Gasteiger partial charge in [-0.1, -0.05) is 23.7 Å². The molecule has 2 aromatic heterocycles. The van der Waals surface area contributed by atoms with Crippen molar-refractivity contribution >= 4 is 17.4 Å². The fourth-order valence-electron chi connectivity index (χ4n) is 4.18. The van der Waals surface area contributed by atoms with Gasteiger partial charge in [-0.2, -0.15) is 4.98 Å². The molecule has 1 aromatic carbocycles. The lowest BCUT2D eigenvalue weighted by atomic mass is 10.2. The van der Waals surface area contributed by atoms with E-state index < -0.39 is 0 Å². The van der Waals surface area contributed by atoms with Gasteiger partial charge in [-0.3, -0.25) is 4.90 Å². The minimum Gasteiger partial charge on any atom is -0.473 e. The summed E-state index contributed by atoms with van der Waals surface area (Å²) in [6.07, 6.45) is 6.37. The number of nitrogens with zero attached hydrogens (tertiary/aromatic N) is 4. The summed E-state index contributed by atoms with van der Waals surface area (Å²) in [5, 5.41) is 3.86. The van der Waals surface area contributed by atoms with Crippen molar-refractivity contribution in [2.75, 3.05) is 25.0 Å². The van der Waals surface area contributed by atoms with Gasteiger partial charge in [0.15, 0.2) is 0 Å². The number of hydrogen-bond donors (Lipinski definition) is 1. The average Bonchev–Trinajstić information content (AvgIpc) is 3.40. The molecular weight excluding hydrogens is 445 g/mol. The Kier molecular flexibility index (Phi) is 6.75. The summed E-state index contributed by atoms with van der Waals surface area (Å²) in [6.45, 7) is 4.57. The first-order valence-electron chi connectivity index (χ1n) is 11.3. The maximum absolute atomic E-state index is 14.0. The number of ether oxygens (including phenoxy) is 2. The first-order valence-corrected chi connectivity index (χ1v) is 11.6. The van der Waals surface area contributed by atoms with Crippen molar-refractivity contribution in [2.45, 2.75) is 44.7 Å². The molecule has 1 N–H and O–H groups in total. The molecule has 0 unspecified atom stereocenters. The maximum Gasteiger partial charge on any atom is 0.215 e. The van der Waals surface area contributed by atoms with E-state index in [1.165, 1.54) is 6.07 Å². The molecule has 2 fully saturated rings. The third-order valence-corrected chi connectivity index (χ3v) is 6.33. The van der Waals surface area contributed by atoms with Crippen LogP contribution in [0.5, 0.6) is 5.88 Å². The average molecular weight is 472 g/mol. The summed E-state index contributed by atoms with van der Waals surface area (Å²) in [5.41, 5.74) is 0.438. The van der Waals surface area contributed by atoms with Gasteiger partial charge < -0.3 is 19.4 Å². The number of imidazole rings is 1. The standard InChI is InChI=1S/C24H27ClFN5O2/c25-18-5-4-17(21(26)12-18)16-33-24-3-1-2-22(29-24)28-19-6-9-30(13-19)15-23-27-8-10-31(23)14-20-7-11-32-20/h1-5,8,10,12,19-20H,6-7,9,11,13-16H2,(H,28,29)/t19-,20+/m1/s1. The molecule has 7 nitrogen and oxygen atoms in total. The Balaban J connectivity index is 1.13. The van der Waals surface area contributed by atoms with Crippen LogP contribution in [0.3, 0.4) is 0 Å². The smallest absolute Gasteiger partial charge is 0.215 e. The lowest BCUT2D eigenvalue weighted by Crippen LogP contribution is -2.32. The number of halogens is 2. The largest absolute Gasteiger partial charge is 0.473 e. The molecule has 9 heteroatoms. The number of rotatable bonds is 9. The number of benzene rings is 1. The molecule has 5 rings (SSSR count). The first-order chi connectivity index (χ1) is 16.1. The van der Waals surface area contributed by atoms with Crippen molar-refractivity contribution in [3.63, 3.8) is 0 Å². The van der Waals surface area contributed by atoms with Crippen molar-refractivity contribution in [2.24, 2.45) is 0 Å². The van der Waals surface area contributed by atoms with E-state index in [4.69, 9.17) is 21.1 Å². The van der Waals surface area contributed by atoms with Crippen LogP contribution in [-0.4, -0.2) is 51.3 Å². The zero-order valence-electron chi connectivity index (χ0n) is 18.3. The topological polar surface area (TPSA) is 64.4 Å². The van der Waals surface area contributed by atoms with Crippen LogP contribution in [0.15, 0.2) is 48.8 Å². The summed E-state index contributed by atoms with van der Waals surface area (Å²) >= 11 is 5.81. The van der Waals surface area contributed by atoms with Gasteiger partial charge in [-0.15, -0.1) is 0 Å². The molecule has 0 amide bonds. The predicted octanol–water partition coefficient (Wildman–Crippen LogP) is 4.12. The molecule has 0 spiro atoms. The molecule has 0 aliphatic carbocycles. The van der Waals surface area contributed by atoms with E-state index in [0.717, 1.165) is 57.3 Å². The quantitative estimate of drug-likeness (QED) is 0.506. The number of anilines is 1. The van der Waals surface area contributed by atoms with Gasteiger partial charge in [-0.25, -0.2) is 9.37 Å². The van der Waals surface area contributed by atoms with Gasteiger partial charge in [0, 0.05) is 54.8 Å². The summed E-state index contributed by atoms with van der Waals surface area (Å²) in [4.78, 5) is 11.5. The lowest BCUT2D eigenvalue weighted by molar-refractivity contribution is -0.0597. The second kappa shape index (κ2) is 10.1. The normalized spacial score (nSPS) is 20.5. The molecule has 2 atom stereocenters. The highest BCUT2D eigenvalue weighted by Gasteiger charge is 2.25. The Morgan fingerprint density at radius 2 is 2.15 bits per heavy atom. The number of nitrogens with one attached hydrogen (secondary N) is 1. The molecular formula is C24H27ClFN5O2.